The van der Waals surface area contributed by atoms with Gasteiger partial charge >= 0.3 is 0 Å². The Morgan fingerprint density at radius 3 is 1.15 bits per heavy atom. The van der Waals surface area contributed by atoms with E-state index in [0.29, 0.717) is 75.4 Å². The van der Waals surface area contributed by atoms with Crippen LogP contribution >= 0.6 is 23.2 Å². The Hall–Kier alpha value is -5.30. The molecule has 0 fully saturated rings. The Balaban J connectivity index is 1.16. The smallest absolute Gasteiger partial charge is 0.261 e. The van der Waals surface area contributed by atoms with E-state index < -0.39 is 11.8 Å². The van der Waals surface area contributed by atoms with E-state index in [1.54, 1.807) is 24.3 Å². The fourth-order valence-electron chi connectivity index (χ4n) is 8.51. The number of halogens is 2. The molecule has 2 aliphatic rings. The summed E-state index contributed by atoms with van der Waals surface area (Å²) >= 11 is 14.3. The average Bonchev–Trinajstić information content (AvgIpc) is 3.18. The summed E-state index contributed by atoms with van der Waals surface area (Å²) in [5.41, 5.74) is 5.68. The molecule has 0 spiro atoms. The molecule has 2 heterocycles. The number of carbonyl (C=O) groups excluding carboxylic acids is 4. The van der Waals surface area contributed by atoms with E-state index in [4.69, 9.17) is 23.2 Å². The van der Waals surface area contributed by atoms with Crippen LogP contribution in [0, 0.1) is 0 Å². The maximum absolute atomic E-state index is 14.2. The predicted molar refractivity (Wildman–Crippen MR) is 216 cm³/mol. The molecule has 2 aliphatic heterocycles. The zero-order valence-corrected chi connectivity index (χ0v) is 31.5. The Labute approximate surface area is 322 Å². The topological polar surface area (TPSA) is 74.8 Å². The van der Waals surface area contributed by atoms with Gasteiger partial charge in [0.1, 0.15) is 0 Å². The van der Waals surface area contributed by atoms with Gasteiger partial charge in [0.2, 0.25) is 0 Å². The molecule has 4 amide bonds. The number of imide groups is 2. The van der Waals surface area contributed by atoms with E-state index in [1.807, 2.05) is 36.4 Å². The molecule has 0 bridgehead atoms. The highest BCUT2D eigenvalue weighted by Crippen LogP contribution is 2.50. The molecule has 0 saturated carbocycles. The van der Waals surface area contributed by atoms with Crippen LogP contribution in [-0.2, 0) is 25.9 Å². The summed E-state index contributed by atoms with van der Waals surface area (Å²) in [4.78, 5) is 59.2. The van der Waals surface area contributed by atoms with Crippen molar-refractivity contribution in [2.75, 3.05) is 0 Å². The number of hydrogen-bond donors (Lipinski definition) is 0. The van der Waals surface area contributed by atoms with Gasteiger partial charge in [-0.1, -0.05) is 111 Å². The van der Waals surface area contributed by atoms with Crippen molar-refractivity contribution in [2.45, 2.75) is 65.5 Å². The van der Waals surface area contributed by atoms with Gasteiger partial charge in [-0.05, 0) is 83.0 Å². The molecule has 0 aliphatic carbocycles. The van der Waals surface area contributed by atoms with Crippen LogP contribution in [0.3, 0.4) is 0 Å². The van der Waals surface area contributed by atoms with Crippen molar-refractivity contribution in [1.82, 2.24) is 9.80 Å². The van der Waals surface area contributed by atoms with Gasteiger partial charge in [-0.15, -0.1) is 0 Å². The molecule has 268 valence electrons. The lowest BCUT2D eigenvalue weighted by Gasteiger charge is -2.31. The largest absolute Gasteiger partial charge is 0.270 e. The lowest BCUT2D eigenvalue weighted by Crippen LogP contribution is -2.40. The van der Waals surface area contributed by atoms with Crippen LogP contribution < -0.4 is 0 Å². The monoisotopic (exact) mass is 750 g/mol. The minimum Gasteiger partial charge on any atom is -0.270 e. The molecular weight excluding hydrogens is 715 g/mol. The Morgan fingerprint density at radius 1 is 0.426 bits per heavy atom. The maximum atomic E-state index is 14.2. The first-order valence-corrected chi connectivity index (χ1v) is 19.4. The minimum absolute atomic E-state index is 0.136. The number of aryl methyl sites for hydroxylation is 2. The zero-order chi connectivity index (χ0) is 37.4. The average molecular weight is 752 g/mol. The molecule has 6 nitrogen and oxygen atoms in total. The zero-order valence-electron chi connectivity index (χ0n) is 30.0. The summed E-state index contributed by atoms with van der Waals surface area (Å²) in [7, 11) is 0. The number of hydrogen-bond acceptors (Lipinski definition) is 4. The number of fused-ring (bicyclic) bond motifs is 2. The Bertz CT molecular complexity index is 2550. The summed E-state index contributed by atoms with van der Waals surface area (Å²) < 4.78 is 0. The third kappa shape index (κ3) is 5.22. The molecule has 9 rings (SSSR count). The second kappa shape index (κ2) is 13.2. The summed E-state index contributed by atoms with van der Waals surface area (Å²) in [6.07, 6.45) is 6.39. The second-order valence-electron chi connectivity index (χ2n) is 14.6. The number of benzene rings is 7. The van der Waals surface area contributed by atoms with Crippen molar-refractivity contribution in [3.05, 3.63) is 139 Å². The van der Waals surface area contributed by atoms with Gasteiger partial charge in [0.25, 0.3) is 23.6 Å². The Kier molecular flexibility index (Phi) is 8.44. The minimum atomic E-state index is -0.415. The van der Waals surface area contributed by atoms with Crippen molar-refractivity contribution < 1.29 is 19.2 Å². The van der Waals surface area contributed by atoms with E-state index in [2.05, 4.69) is 38.1 Å². The van der Waals surface area contributed by atoms with Gasteiger partial charge in [0.05, 0.1) is 24.2 Å². The number of carbonyl (C=O) groups is 4. The fraction of sp³-hybridized carbons (Fsp3) is 0.217. The van der Waals surface area contributed by atoms with E-state index in [9.17, 15) is 19.2 Å². The first kappa shape index (κ1) is 34.5. The summed E-state index contributed by atoms with van der Waals surface area (Å²) in [6, 6.07) is 26.6. The molecule has 0 aromatic heterocycles. The lowest BCUT2D eigenvalue weighted by molar-refractivity contribution is 0.0583. The van der Waals surface area contributed by atoms with Crippen molar-refractivity contribution in [3.63, 3.8) is 0 Å². The molecule has 54 heavy (non-hydrogen) atoms. The Morgan fingerprint density at radius 2 is 0.778 bits per heavy atom. The molecular formula is C46H36Cl2N2O4. The molecule has 0 atom stereocenters. The first-order chi connectivity index (χ1) is 26.2. The van der Waals surface area contributed by atoms with E-state index >= 15 is 0 Å². The fourth-order valence-corrected chi connectivity index (χ4v) is 9.12. The summed E-state index contributed by atoms with van der Waals surface area (Å²) in [5, 5.41) is 5.70. The van der Waals surface area contributed by atoms with Gasteiger partial charge < -0.3 is 0 Å². The van der Waals surface area contributed by atoms with Crippen LogP contribution in [-0.4, -0.2) is 33.4 Å². The van der Waals surface area contributed by atoms with Gasteiger partial charge in [-0.3, -0.25) is 29.0 Å². The molecule has 8 heteroatoms. The van der Waals surface area contributed by atoms with Crippen LogP contribution in [0.15, 0.2) is 84.9 Å². The number of nitrogens with zero attached hydrogens (tertiary/aromatic N) is 2. The molecule has 7 aromatic rings. The molecule has 0 unspecified atom stereocenters. The second-order valence-corrected chi connectivity index (χ2v) is 15.4. The van der Waals surface area contributed by atoms with Gasteiger partial charge in [0, 0.05) is 53.5 Å². The SMILES string of the molecule is CCCCc1ccc(CN2C(=O)c3ccc4c5c(Cl)cc6c7c(ccc(c8c(Cl)cc(c3c48)C2=O)c75)C(=O)N(Cc2ccc(CCCC)cc2)C6=O)cc1. The molecule has 7 aromatic carbocycles. The van der Waals surface area contributed by atoms with Crippen molar-refractivity contribution in [2.24, 2.45) is 0 Å². The van der Waals surface area contributed by atoms with Crippen LogP contribution in [0.2, 0.25) is 10.0 Å². The highest BCUT2D eigenvalue weighted by atomic mass is 35.5. The van der Waals surface area contributed by atoms with Crippen LogP contribution in [0.4, 0.5) is 0 Å². The normalized spacial score (nSPS) is 14.2. The van der Waals surface area contributed by atoms with Gasteiger partial charge in [-0.2, -0.15) is 0 Å². The highest BCUT2D eigenvalue weighted by Gasteiger charge is 2.38. The molecule has 0 saturated heterocycles. The van der Waals surface area contributed by atoms with Crippen LogP contribution in [0.5, 0.6) is 0 Å². The van der Waals surface area contributed by atoms with Crippen LogP contribution in [0.25, 0.3) is 43.1 Å². The number of unbranched alkanes of at least 4 members (excludes halogenated alkanes) is 2. The summed E-state index contributed by atoms with van der Waals surface area (Å²) in [5.74, 6) is -1.59. The molecule has 0 N–H and O–H groups in total. The molecule has 0 radical (unpaired) electrons. The van der Waals surface area contributed by atoms with Gasteiger partial charge in [0.15, 0.2) is 0 Å². The summed E-state index contributed by atoms with van der Waals surface area (Å²) in [6.45, 7) is 4.59. The van der Waals surface area contributed by atoms with Crippen molar-refractivity contribution in [1.29, 1.82) is 0 Å². The van der Waals surface area contributed by atoms with E-state index in [1.165, 1.54) is 20.9 Å². The van der Waals surface area contributed by atoms with E-state index in [0.717, 1.165) is 49.7 Å². The standard InChI is InChI=1S/C46H36Cl2N2O4/c1-3-5-7-25-9-13-27(14-10-25)23-49-43(51)31-19-17-29-40-36(48)22-34-38-32(44(52)50(46(34)54)24-28-15-11-26(12-16-28)8-6-4-2)20-18-30(42(38)40)39-35(47)21-33(45(49)53)37(31)41(29)39/h9-22H,3-8,23-24H2,1-2H3. The van der Waals surface area contributed by atoms with Crippen molar-refractivity contribution >= 4 is 89.9 Å². The number of amides is 4. The predicted octanol–water partition coefficient (Wildman–Crippen LogP) is 11.3. The van der Waals surface area contributed by atoms with E-state index in [-0.39, 0.29) is 24.9 Å². The van der Waals surface area contributed by atoms with Crippen LogP contribution in [0.1, 0.15) is 103 Å². The highest BCUT2D eigenvalue weighted by molar-refractivity contribution is 6.50. The lowest BCUT2D eigenvalue weighted by atomic mass is 9.82. The van der Waals surface area contributed by atoms with Crippen molar-refractivity contribution in [3.8, 4) is 0 Å². The quantitative estimate of drug-likeness (QED) is 0.0792. The van der Waals surface area contributed by atoms with Gasteiger partial charge in [-0.25, -0.2) is 0 Å². The third-order valence-electron chi connectivity index (χ3n) is 11.3. The first-order valence-electron chi connectivity index (χ1n) is 18.7. The number of rotatable bonds is 10. The third-order valence-corrected chi connectivity index (χ3v) is 11.9. The maximum Gasteiger partial charge on any atom is 0.261 e.